The number of hydrogen-bond acceptors (Lipinski definition) is 3. The molecule has 0 aromatic heterocycles. The summed E-state index contributed by atoms with van der Waals surface area (Å²) in [6, 6.07) is 5.49. The lowest BCUT2D eigenvalue weighted by Crippen LogP contribution is -2.38. The fraction of sp³-hybridized carbons (Fsp3) is 0.625. The molecule has 0 aliphatic rings. The molecule has 5 heteroatoms. The SMILES string of the molecule is CCCN(C(C)C)S(=O)(=O)c1cccc(CNCC)c1C. The van der Waals surface area contributed by atoms with Gasteiger partial charge in [0.15, 0.2) is 0 Å². The molecule has 0 atom stereocenters. The first kappa shape index (κ1) is 18.1. The van der Waals surface area contributed by atoms with Gasteiger partial charge in [-0.2, -0.15) is 4.31 Å². The van der Waals surface area contributed by atoms with Gasteiger partial charge in [0.05, 0.1) is 4.90 Å². The zero-order valence-electron chi connectivity index (χ0n) is 13.8. The highest BCUT2D eigenvalue weighted by Crippen LogP contribution is 2.24. The lowest BCUT2D eigenvalue weighted by molar-refractivity contribution is 0.354. The summed E-state index contributed by atoms with van der Waals surface area (Å²) in [5, 5.41) is 3.25. The van der Waals surface area contributed by atoms with Crippen LogP contribution in [0.3, 0.4) is 0 Å². The van der Waals surface area contributed by atoms with Crippen molar-refractivity contribution in [3.63, 3.8) is 0 Å². The van der Waals surface area contributed by atoms with Crippen LogP contribution in [0.25, 0.3) is 0 Å². The second kappa shape index (κ2) is 7.92. The quantitative estimate of drug-likeness (QED) is 0.803. The summed E-state index contributed by atoms with van der Waals surface area (Å²) in [6.07, 6.45) is 0.813. The molecule has 1 aromatic rings. The van der Waals surface area contributed by atoms with Crippen molar-refractivity contribution >= 4 is 10.0 Å². The molecular weight excluding hydrogens is 284 g/mol. The summed E-state index contributed by atoms with van der Waals surface area (Å²) < 4.78 is 27.4. The van der Waals surface area contributed by atoms with Crippen molar-refractivity contribution in [2.75, 3.05) is 13.1 Å². The van der Waals surface area contributed by atoms with Crippen LogP contribution in [0.15, 0.2) is 23.1 Å². The van der Waals surface area contributed by atoms with E-state index in [9.17, 15) is 8.42 Å². The van der Waals surface area contributed by atoms with Crippen LogP contribution in [0.4, 0.5) is 0 Å². The molecule has 0 aliphatic carbocycles. The van der Waals surface area contributed by atoms with E-state index in [0.29, 0.717) is 18.0 Å². The predicted octanol–water partition coefficient (Wildman–Crippen LogP) is 2.91. The highest BCUT2D eigenvalue weighted by atomic mass is 32.2. The van der Waals surface area contributed by atoms with Crippen LogP contribution in [-0.2, 0) is 16.6 Å². The van der Waals surface area contributed by atoms with Gasteiger partial charge in [-0.15, -0.1) is 0 Å². The number of rotatable bonds is 8. The van der Waals surface area contributed by atoms with Gasteiger partial charge in [0.2, 0.25) is 10.0 Å². The summed E-state index contributed by atoms with van der Waals surface area (Å²) in [7, 11) is -3.44. The molecule has 4 nitrogen and oxygen atoms in total. The Morgan fingerprint density at radius 2 is 1.90 bits per heavy atom. The lowest BCUT2D eigenvalue weighted by Gasteiger charge is -2.26. The van der Waals surface area contributed by atoms with Crippen molar-refractivity contribution in [2.45, 2.75) is 58.5 Å². The zero-order valence-corrected chi connectivity index (χ0v) is 14.6. The summed E-state index contributed by atoms with van der Waals surface area (Å²) in [5.74, 6) is 0. The molecule has 0 amide bonds. The van der Waals surface area contributed by atoms with E-state index in [1.165, 1.54) is 0 Å². The molecule has 0 bridgehead atoms. The summed E-state index contributed by atoms with van der Waals surface area (Å²) in [5.41, 5.74) is 1.89. The Morgan fingerprint density at radius 3 is 2.43 bits per heavy atom. The molecule has 0 fully saturated rings. The van der Waals surface area contributed by atoms with Crippen molar-refractivity contribution in [3.05, 3.63) is 29.3 Å². The van der Waals surface area contributed by atoms with Crippen LogP contribution in [0.2, 0.25) is 0 Å². The van der Waals surface area contributed by atoms with Crippen LogP contribution in [-0.4, -0.2) is 31.9 Å². The third kappa shape index (κ3) is 4.28. The van der Waals surface area contributed by atoms with E-state index in [0.717, 1.165) is 24.1 Å². The minimum atomic E-state index is -3.44. The highest BCUT2D eigenvalue weighted by Gasteiger charge is 2.28. The molecular formula is C16H28N2O2S. The second-order valence-corrected chi connectivity index (χ2v) is 7.39. The smallest absolute Gasteiger partial charge is 0.243 e. The fourth-order valence-corrected chi connectivity index (χ4v) is 4.39. The van der Waals surface area contributed by atoms with Gasteiger partial charge in [-0.1, -0.05) is 26.0 Å². The van der Waals surface area contributed by atoms with Gasteiger partial charge < -0.3 is 5.32 Å². The third-order valence-corrected chi connectivity index (χ3v) is 5.79. The van der Waals surface area contributed by atoms with Gasteiger partial charge in [0.25, 0.3) is 0 Å². The topological polar surface area (TPSA) is 49.4 Å². The van der Waals surface area contributed by atoms with Crippen molar-refractivity contribution in [3.8, 4) is 0 Å². The number of nitrogens with one attached hydrogen (secondary N) is 1. The molecule has 1 N–H and O–H groups in total. The van der Waals surface area contributed by atoms with E-state index in [2.05, 4.69) is 5.32 Å². The number of nitrogens with zero attached hydrogens (tertiary/aromatic N) is 1. The largest absolute Gasteiger partial charge is 0.313 e. The summed E-state index contributed by atoms with van der Waals surface area (Å²) in [6.45, 7) is 11.9. The van der Waals surface area contributed by atoms with Crippen LogP contribution in [0.1, 0.15) is 45.2 Å². The lowest BCUT2D eigenvalue weighted by atomic mass is 10.1. The van der Waals surface area contributed by atoms with E-state index in [4.69, 9.17) is 0 Å². The van der Waals surface area contributed by atoms with Gasteiger partial charge in [0.1, 0.15) is 0 Å². The summed E-state index contributed by atoms with van der Waals surface area (Å²) >= 11 is 0. The first-order chi connectivity index (χ1) is 9.86. The maximum Gasteiger partial charge on any atom is 0.243 e. The van der Waals surface area contributed by atoms with E-state index < -0.39 is 10.0 Å². The van der Waals surface area contributed by atoms with Crippen LogP contribution in [0.5, 0.6) is 0 Å². The monoisotopic (exact) mass is 312 g/mol. The normalized spacial score (nSPS) is 12.3. The second-order valence-electron chi connectivity index (χ2n) is 5.53. The van der Waals surface area contributed by atoms with E-state index in [-0.39, 0.29) is 6.04 Å². The Labute approximate surface area is 129 Å². The maximum atomic E-state index is 12.9. The van der Waals surface area contributed by atoms with Gasteiger partial charge in [-0.25, -0.2) is 8.42 Å². The number of sulfonamides is 1. The Kier molecular flexibility index (Phi) is 6.84. The molecule has 0 aliphatic heterocycles. The minimum absolute atomic E-state index is 0.0354. The van der Waals surface area contributed by atoms with Gasteiger partial charge in [-0.3, -0.25) is 0 Å². The molecule has 21 heavy (non-hydrogen) atoms. The van der Waals surface area contributed by atoms with Crippen molar-refractivity contribution in [1.29, 1.82) is 0 Å². The number of benzene rings is 1. The standard InChI is InChI=1S/C16H28N2O2S/c1-6-11-18(13(3)4)21(19,20)16-10-8-9-15(14(16)5)12-17-7-2/h8-10,13,17H,6-7,11-12H2,1-5H3. The molecule has 0 saturated heterocycles. The van der Waals surface area contributed by atoms with Crippen LogP contribution < -0.4 is 5.32 Å². The molecule has 1 rings (SSSR count). The third-order valence-electron chi connectivity index (χ3n) is 3.57. The molecule has 0 spiro atoms. The zero-order chi connectivity index (χ0) is 16.0. The highest BCUT2D eigenvalue weighted by molar-refractivity contribution is 7.89. The van der Waals surface area contributed by atoms with Crippen molar-refractivity contribution < 1.29 is 8.42 Å². The van der Waals surface area contributed by atoms with Gasteiger partial charge >= 0.3 is 0 Å². The Morgan fingerprint density at radius 1 is 1.24 bits per heavy atom. The minimum Gasteiger partial charge on any atom is -0.313 e. The molecule has 120 valence electrons. The average Bonchev–Trinajstić information content (AvgIpc) is 2.42. The summed E-state index contributed by atoms with van der Waals surface area (Å²) in [4.78, 5) is 0.431. The van der Waals surface area contributed by atoms with E-state index >= 15 is 0 Å². The van der Waals surface area contributed by atoms with Crippen LogP contribution in [0, 0.1) is 6.92 Å². The molecule has 0 unspecified atom stereocenters. The van der Waals surface area contributed by atoms with Crippen molar-refractivity contribution in [1.82, 2.24) is 9.62 Å². The van der Waals surface area contributed by atoms with E-state index in [1.807, 2.05) is 46.8 Å². The Hall–Kier alpha value is -0.910. The first-order valence-corrected chi connectivity index (χ1v) is 9.11. The number of hydrogen-bond donors (Lipinski definition) is 1. The molecule has 0 heterocycles. The Balaban J connectivity index is 3.24. The van der Waals surface area contributed by atoms with Gasteiger partial charge in [-0.05, 0) is 50.9 Å². The maximum absolute atomic E-state index is 12.9. The van der Waals surface area contributed by atoms with Crippen molar-refractivity contribution in [2.24, 2.45) is 0 Å². The molecule has 0 radical (unpaired) electrons. The van der Waals surface area contributed by atoms with E-state index in [1.54, 1.807) is 10.4 Å². The molecule has 0 saturated carbocycles. The predicted molar refractivity (Wildman–Crippen MR) is 87.9 cm³/mol. The molecule has 1 aromatic carbocycles. The van der Waals surface area contributed by atoms with Gasteiger partial charge in [0, 0.05) is 19.1 Å². The first-order valence-electron chi connectivity index (χ1n) is 7.67. The van der Waals surface area contributed by atoms with Crippen LogP contribution >= 0.6 is 0 Å². The fourth-order valence-electron chi connectivity index (χ4n) is 2.39. The Bertz CT molecular complexity index is 553. The average molecular weight is 312 g/mol.